The normalized spacial score (nSPS) is 11.6. The lowest BCUT2D eigenvalue weighted by atomic mass is 10.2. The summed E-state index contributed by atoms with van der Waals surface area (Å²) in [6, 6.07) is 1.98. The summed E-state index contributed by atoms with van der Waals surface area (Å²) >= 11 is 0. The largest absolute Gasteiger partial charge is 0.373 e. The lowest BCUT2D eigenvalue weighted by Gasteiger charge is -2.22. The number of hydrogen-bond acceptors (Lipinski definition) is 5. The van der Waals surface area contributed by atoms with E-state index in [1.165, 1.54) is 6.26 Å². The van der Waals surface area contributed by atoms with Crippen LogP contribution in [0.5, 0.6) is 0 Å². The van der Waals surface area contributed by atoms with Crippen LogP contribution in [-0.2, 0) is 16.4 Å². The number of nitrogens with zero attached hydrogens (tertiary/aromatic N) is 2. The van der Waals surface area contributed by atoms with Gasteiger partial charge in [0.05, 0.1) is 5.75 Å². The quantitative estimate of drug-likeness (QED) is 0.820. The van der Waals surface area contributed by atoms with Crippen LogP contribution in [0, 0.1) is 6.92 Å². The third kappa shape index (κ3) is 4.62. The second-order valence-corrected chi connectivity index (χ2v) is 6.80. The Morgan fingerprint density at radius 3 is 2.67 bits per heavy atom. The van der Waals surface area contributed by atoms with Gasteiger partial charge in [0.2, 0.25) is 0 Å². The Morgan fingerprint density at radius 1 is 1.44 bits per heavy atom. The lowest BCUT2D eigenvalue weighted by Crippen LogP contribution is -2.26. The standard InChI is InChI=1S/C12H21N3O2S/c1-10-7-12(11(8-13-2)9-14-10)15(3)5-6-18(4,16)17/h7,9,13H,5-6,8H2,1-4H3. The van der Waals surface area contributed by atoms with Crippen LogP contribution in [0.25, 0.3) is 0 Å². The minimum absolute atomic E-state index is 0.157. The monoisotopic (exact) mass is 271 g/mol. The first-order valence-electron chi connectivity index (χ1n) is 5.82. The number of aromatic nitrogens is 1. The molecule has 0 aliphatic rings. The van der Waals surface area contributed by atoms with Gasteiger partial charge in [-0.05, 0) is 20.0 Å². The minimum atomic E-state index is -2.94. The number of aryl methyl sites for hydroxylation is 1. The van der Waals surface area contributed by atoms with Crippen molar-refractivity contribution in [2.24, 2.45) is 0 Å². The first-order valence-corrected chi connectivity index (χ1v) is 7.88. The highest BCUT2D eigenvalue weighted by molar-refractivity contribution is 7.90. The number of nitrogens with one attached hydrogen (secondary N) is 1. The van der Waals surface area contributed by atoms with E-state index in [0.717, 1.165) is 16.9 Å². The first-order chi connectivity index (χ1) is 8.33. The van der Waals surface area contributed by atoms with Crippen molar-refractivity contribution >= 4 is 15.5 Å². The maximum Gasteiger partial charge on any atom is 0.149 e. The van der Waals surface area contributed by atoms with E-state index in [2.05, 4.69) is 10.3 Å². The van der Waals surface area contributed by atoms with Gasteiger partial charge in [-0.2, -0.15) is 0 Å². The Kier molecular flexibility index (Phi) is 5.10. The fourth-order valence-corrected chi connectivity index (χ4v) is 2.28. The van der Waals surface area contributed by atoms with Crippen LogP contribution in [0.1, 0.15) is 11.3 Å². The van der Waals surface area contributed by atoms with Gasteiger partial charge < -0.3 is 10.2 Å². The summed E-state index contributed by atoms with van der Waals surface area (Å²) in [5, 5.41) is 3.09. The Hall–Kier alpha value is -1.14. The van der Waals surface area contributed by atoms with Gasteiger partial charge >= 0.3 is 0 Å². The predicted octanol–water partition coefficient (Wildman–Crippen LogP) is 0.590. The van der Waals surface area contributed by atoms with Gasteiger partial charge in [0.1, 0.15) is 9.84 Å². The van der Waals surface area contributed by atoms with Crippen LogP contribution in [-0.4, -0.2) is 46.1 Å². The molecule has 0 aliphatic carbocycles. The van der Waals surface area contributed by atoms with E-state index in [-0.39, 0.29) is 5.75 Å². The third-order valence-corrected chi connectivity index (χ3v) is 3.60. The molecule has 0 amide bonds. The molecule has 18 heavy (non-hydrogen) atoms. The molecule has 0 fully saturated rings. The van der Waals surface area contributed by atoms with Gasteiger partial charge in [-0.25, -0.2) is 8.42 Å². The molecular formula is C12H21N3O2S. The molecule has 0 aromatic carbocycles. The maximum absolute atomic E-state index is 11.2. The minimum Gasteiger partial charge on any atom is -0.373 e. The Bertz CT molecular complexity index is 500. The topological polar surface area (TPSA) is 62.3 Å². The van der Waals surface area contributed by atoms with Crippen molar-refractivity contribution in [3.63, 3.8) is 0 Å². The third-order valence-electron chi connectivity index (χ3n) is 2.67. The van der Waals surface area contributed by atoms with Crippen molar-refractivity contribution in [3.05, 3.63) is 23.5 Å². The number of sulfone groups is 1. The molecule has 1 N–H and O–H groups in total. The fourth-order valence-electron chi connectivity index (χ4n) is 1.68. The van der Waals surface area contributed by atoms with E-state index < -0.39 is 9.84 Å². The fraction of sp³-hybridized carbons (Fsp3) is 0.583. The summed E-state index contributed by atoms with van der Waals surface area (Å²) in [4.78, 5) is 6.23. The number of anilines is 1. The second-order valence-electron chi connectivity index (χ2n) is 4.54. The summed E-state index contributed by atoms with van der Waals surface area (Å²) < 4.78 is 22.4. The zero-order valence-corrected chi connectivity index (χ0v) is 12.2. The van der Waals surface area contributed by atoms with Crippen LogP contribution >= 0.6 is 0 Å². The molecule has 1 aromatic rings. The van der Waals surface area contributed by atoms with Crippen LogP contribution in [0.3, 0.4) is 0 Å². The van der Waals surface area contributed by atoms with Gasteiger partial charge in [-0.3, -0.25) is 4.98 Å². The number of rotatable bonds is 6. The second kappa shape index (κ2) is 6.15. The molecule has 1 heterocycles. The molecule has 1 rings (SSSR count). The summed E-state index contributed by atoms with van der Waals surface area (Å²) in [5.41, 5.74) is 3.02. The maximum atomic E-state index is 11.2. The number of hydrogen-bond donors (Lipinski definition) is 1. The highest BCUT2D eigenvalue weighted by Crippen LogP contribution is 2.19. The summed E-state index contributed by atoms with van der Waals surface area (Å²) in [7, 11) is 0.842. The Morgan fingerprint density at radius 2 is 2.11 bits per heavy atom. The molecule has 5 nitrogen and oxygen atoms in total. The van der Waals surface area contributed by atoms with E-state index in [0.29, 0.717) is 13.1 Å². The summed E-state index contributed by atoms with van der Waals surface area (Å²) in [5.74, 6) is 0.157. The SMILES string of the molecule is CNCc1cnc(C)cc1N(C)CCS(C)(=O)=O. The molecule has 102 valence electrons. The summed E-state index contributed by atoms with van der Waals surface area (Å²) in [6.45, 7) is 3.13. The highest BCUT2D eigenvalue weighted by atomic mass is 32.2. The van der Waals surface area contributed by atoms with Crippen molar-refractivity contribution in [2.75, 3.05) is 37.5 Å². The van der Waals surface area contributed by atoms with Crippen molar-refractivity contribution < 1.29 is 8.42 Å². The predicted molar refractivity (Wildman–Crippen MR) is 74.7 cm³/mol. The van der Waals surface area contributed by atoms with Gasteiger partial charge in [0.25, 0.3) is 0 Å². The Labute approximate surface area is 109 Å². The van der Waals surface area contributed by atoms with E-state index >= 15 is 0 Å². The molecule has 0 unspecified atom stereocenters. The van der Waals surface area contributed by atoms with E-state index in [1.807, 2.05) is 38.2 Å². The molecule has 0 spiro atoms. The van der Waals surface area contributed by atoms with Crippen LogP contribution < -0.4 is 10.2 Å². The molecule has 0 saturated carbocycles. The van der Waals surface area contributed by atoms with Gasteiger partial charge in [0.15, 0.2) is 0 Å². The van der Waals surface area contributed by atoms with Crippen molar-refractivity contribution in [2.45, 2.75) is 13.5 Å². The first kappa shape index (κ1) is 14.9. The average Bonchev–Trinajstić information content (AvgIpc) is 2.27. The zero-order valence-electron chi connectivity index (χ0n) is 11.4. The zero-order chi connectivity index (χ0) is 13.8. The molecule has 0 atom stereocenters. The van der Waals surface area contributed by atoms with E-state index in [1.54, 1.807) is 0 Å². The van der Waals surface area contributed by atoms with E-state index in [9.17, 15) is 8.42 Å². The molecule has 0 radical (unpaired) electrons. The smallest absolute Gasteiger partial charge is 0.149 e. The van der Waals surface area contributed by atoms with Crippen molar-refractivity contribution in [3.8, 4) is 0 Å². The van der Waals surface area contributed by atoms with Crippen LogP contribution in [0.4, 0.5) is 5.69 Å². The average molecular weight is 271 g/mol. The molecule has 1 aromatic heterocycles. The van der Waals surface area contributed by atoms with Gasteiger partial charge in [-0.1, -0.05) is 0 Å². The molecule has 0 saturated heterocycles. The Balaban J connectivity index is 2.89. The van der Waals surface area contributed by atoms with Gasteiger partial charge in [-0.15, -0.1) is 0 Å². The molecule has 0 bridgehead atoms. The molecule has 0 aliphatic heterocycles. The van der Waals surface area contributed by atoms with Gasteiger partial charge in [0, 0.05) is 49.5 Å². The van der Waals surface area contributed by atoms with Crippen molar-refractivity contribution in [1.82, 2.24) is 10.3 Å². The van der Waals surface area contributed by atoms with Crippen LogP contribution in [0.2, 0.25) is 0 Å². The van der Waals surface area contributed by atoms with Crippen LogP contribution in [0.15, 0.2) is 12.3 Å². The lowest BCUT2D eigenvalue weighted by molar-refractivity contribution is 0.601. The highest BCUT2D eigenvalue weighted by Gasteiger charge is 2.10. The number of pyridine rings is 1. The van der Waals surface area contributed by atoms with Crippen molar-refractivity contribution in [1.29, 1.82) is 0 Å². The van der Waals surface area contributed by atoms with E-state index in [4.69, 9.17) is 0 Å². The molecule has 6 heteroatoms. The molecular weight excluding hydrogens is 250 g/mol. The summed E-state index contributed by atoms with van der Waals surface area (Å²) in [6.07, 6.45) is 3.09.